The molecule has 0 unspecified atom stereocenters. The number of rotatable bonds is 4. The Morgan fingerprint density at radius 1 is 0.971 bits per heavy atom. The molecule has 1 atom stereocenters. The third-order valence-electron chi connectivity index (χ3n) is 5.76. The summed E-state index contributed by atoms with van der Waals surface area (Å²) < 4.78 is 13.2. The highest BCUT2D eigenvalue weighted by Crippen LogP contribution is 2.34. The Hall–Kier alpha value is -4.00. The normalized spacial score (nSPS) is 15.4. The highest BCUT2D eigenvalue weighted by atomic mass is 19.1. The molecule has 3 amide bonds. The fourth-order valence-electron chi connectivity index (χ4n) is 3.90. The van der Waals surface area contributed by atoms with E-state index in [0.29, 0.717) is 22.6 Å². The van der Waals surface area contributed by atoms with Gasteiger partial charge in [-0.2, -0.15) is 0 Å². The molecule has 0 aromatic heterocycles. The number of halogens is 1. The Morgan fingerprint density at radius 3 is 2.26 bits per heavy atom. The van der Waals surface area contributed by atoms with E-state index in [0.717, 1.165) is 5.56 Å². The number of hydrogen-bond acceptors (Lipinski definition) is 3. The van der Waals surface area contributed by atoms with E-state index in [2.05, 4.69) is 31.4 Å². The first-order valence-corrected chi connectivity index (χ1v) is 11.0. The van der Waals surface area contributed by atoms with Crippen LogP contribution in [0.2, 0.25) is 0 Å². The van der Waals surface area contributed by atoms with E-state index in [1.165, 1.54) is 29.2 Å². The topological polar surface area (TPSA) is 78.5 Å². The Bertz CT molecular complexity index is 1230. The number of nitrogens with zero attached hydrogens (tertiary/aromatic N) is 1. The van der Waals surface area contributed by atoms with Crippen LogP contribution in [0.1, 0.15) is 43.1 Å². The highest BCUT2D eigenvalue weighted by Gasteiger charge is 2.38. The third-order valence-corrected chi connectivity index (χ3v) is 5.76. The molecule has 1 aliphatic rings. The Morgan fingerprint density at radius 2 is 1.62 bits per heavy atom. The predicted molar refractivity (Wildman–Crippen MR) is 130 cm³/mol. The van der Waals surface area contributed by atoms with E-state index in [9.17, 15) is 18.8 Å². The zero-order valence-electron chi connectivity index (χ0n) is 19.3. The Kier molecular flexibility index (Phi) is 6.20. The Labute approximate surface area is 197 Å². The van der Waals surface area contributed by atoms with Gasteiger partial charge in [0.05, 0.1) is 17.8 Å². The Balaban J connectivity index is 1.64. The van der Waals surface area contributed by atoms with Gasteiger partial charge in [-0.25, -0.2) is 4.39 Å². The fraction of sp³-hybridized carbons (Fsp3) is 0.222. The third kappa shape index (κ3) is 4.83. The lowest BCUT2D eigenvalue weighted by atomic mass is 9.86. The first-order chi connectivity index (χ1) is 16.1. The molecule has 1 heterocycles. The summed E-state index contributed by atoms with van der Waals surface area (Å²) in [4.78, 5) is 40.8. The van der Waals surface area contributed by atoms with Gasteiger partial charge in [0, 0.05) is 11.3 Å². The molecule has 0 spiro atoms. The average Bonchev–Trinajstić information content (AvgIpc) is 2.80. The smallest absolute Gasteiger partial charge is 0.259 e. The molecule has 0 saturated heterocycles. The molecule has 0 fully saturated rings. The highest BCUT2D eigenvalue weighted by molar-refractivity contribution is 6.17. The van der Waals surface area contributed by atoms with E-state index in [4.69, 9.17) is 0 Å². The van der Waals surface area contributed by atoms with Crippen LogP contribution in [-0.4, -0.2) is 23.8 Å². The molecule has 7 heteroatoms. The SMILES string of the molecule is CC(C)(C)c1ccc(C(=O)N2c3ccccc3NC(=O)[C@@H]2CC(=O)Nc2ccc(F)cc2)cc1. The summed E-state index contributed by atoms with van der Waals surface area (Å²) in [6.07, 6.45) is -0.261. The largest absolute Gasteiger partial charge is 0.326 e. The van der Waals surface area contributed by atoms with Gasteiger partial charge >= 0.3 is 0 Å². The molecule has 0 bridgehead atoms. The number of carbonyl (C=O) groups is 3. The zero-order valence-corrected chi connectivity index (χ0v) is 19.3. The molecule has 34 heavy (non-hydrogen) atoms. The molecule has 0 saturated carbocycles. The average molecular weight is 460 g/mol. The quantitative estimate of drug-likeness (QED) is 0.569. The minimum absolute atomic E-state index is 0.0693. The number of anilines is 3. The van der Waals surface area contributed by atoms with Gasteiger partial charge in [-0.05, 0) is 59.5 Å². The molecule has 0 radical (unpaired) electrons. The standard InChI is InChI=1S/C27H26FN3O3/c1-27(2,3)18-10-8-17(9-11-18)26(34)31-22-7-5-4-6-21(22)30-25(33)23(31)16-24(32)29-20-14-12-19(28)13-15-20/h4-15,23H,16H2,1-3H3,(H,29,32)(H,30,33)/t23-/m0/s1. The van der Waals surface area contributed by atoms with Crippen molar-refractivity contribution in [1.29, 1.82) is 0 Å². The van der Waals surface area contributed by atoms with Crippen molar-refractivity contribution in [3.63, 3.8) is 0 Å². The summed E-state index contributed by atoms with van der Waals surface area (Å²) in [5.74, 6) is -1.71. The van der Waals surface area contributed by atoms with Crippen molar-refractivity contribution in [3.8, 4) is 0 Å². The van der Waals surface area contributed by atoms with Crippen molar-refractivity contribution in [2.45, 2.75) is 38.6 Å². The van der Waals surface area contributed by atoms with Crippen LogP contribution < -0.4 is 15.5 Å². The molecular formula is C27H26FN3O3. The van der Waals surface area contributed by atoms with Crippen LogP contribution in [0.15, 0.2) is 72.8 Å². The second-order valence-corrected chi connectivity index (χ2v) is 9.28. The molecule has 3 aromatic rings. The van der Waals surface area contributed by atoms with E-state index in [-0.39, 0.29) is 17.7 Å². The molecule has 3 aromatic carbocycles. The number of para-hydroxylation sites is 2. The van der Waals surface area contributed by atoms with E-state index >= 15 is 0 Å². The number of hydrogen-bond donors (Lipinski definition) is 2. The molecule has 6 nitrogen and oxygen atoms in total. The molecule has 1 aliphatic heterocycles. The lowest BCUT2D eigenvalue weighted by molar-refractivity contribution is -0.122. The monoisotopic (exact) mass is 459 g/mol. The lowest BCUT2D eigenvalue weighted by Crippen LogP contribution is -2.52. The van der Waals surface area contributed by atoms with E-state index in [1.807, 2.05) is 12.1 Å². The van der Waals surface area contributed by atoms with Crippen molar-refractivity contribution in [2.24, 2.45) is 0 Å². The van der Waals surface area contributed by atoms with Crippen LogP contribution >= 0.6 is 0 Å². The molecule has 174 valence electrons. The maximum Gasteiger partial charge on any atom is 0.259 e. The minimum atomic E-state index is -1.05. The first kappa shape index (κ1) is 23.2. The van der Waals surface area contributed by atoms with Gasteiger partial charge in [-0.15, -0.1) is 0 Å². The summed E-state index contributed by atoms with van der Waals surface area (Å²) in [7, 11) is 0. The minimum Gasteiger partial charge on any atom is -0.326 e. The first-order valence-electron chi connectivity index (χ1n) is 11.0. The zero-order chi connectivity index (χ0) is 24.5. The molecular weight excluding hydrogens is 433 g/mol. The van der Waals surface area contributed by atoms with Crippen molar-refractivity contribution >= 4 is 34.8 Å². The van der Waals surface area contributed by atoms with Crippen LogP contribution in [0.3, 0.4) is 0 Å². The van der Waals surface area contributed by atoms with Crippen molar-refractivity contribution in [3.05, 3.63) is 89.7 Å². The fourth-order valence-corrected chi connectivity index (χ4v) is 3.90. The maximum atomic E-state index is 13.6. The van der Waals surface area contributed by atoms with Crippen LogP contribution in [0.4, 0.5) is 21.5 Å². The summed E-state index contributed by atoms with van der Waals surface area (Å²) in [6.45, 7) is 6.26. The maximum absolute atomic E-state index is 13.6. The van der Waals surface area contributed by atoms with Crippen molar-refractivity contribution < 1.29 is 18.8 Å². The van der Waals surface area contributed by atoms with Gasteiger partial charge in [-0.3, -0.25) is 19.3 Å². The van der Waals surface area contributed by atoms with Crippen LogP contribution in [0, 0.1) is 5.82 Å². The van der Waals surface area contributed by atoms with Crippen LogP contribution in [0.25, 0.3) is 0 Å². The van der Waals surface area contributed by atoms with Gasteiger partial charge in [0.1, 0.15) is 11.9 Å². The second kappa shape index (κ2) is 9.09. The van der Waals surface area contributed by atoms with Gasteiger partial charge in [0.25, 0.3) is 5.91 Å². The predicted octanol–water partition coefficient (Wildman–Crippen LogP) is 5.12. The van der Waals surface area contributed by atoms with Gasteiger partial charge in [-0.1, -0.05) is 45.0 Å². The number of nitrogens with one attached hydrogen (secondary N) is 2. The lowest BCUT2D eigenvalue weighted by Gasteiger charge is -2.36. The summed E-state index contributed by atoms with van der Waals surface area (Å²) >= 11 is 0. The number of fused-ring (bicyclic) bond motifs is 1. The molecule has 2 N–H and O–H groups in total. The number of amides is 3. The summed E-state index contributed by atoms with van der Waals surface area (Å²) in [6, 6.07) is 18.6. The summed E-state index contributed by atoms with van der Waals surface area (Å²) in [5, 5.41) is 5.45. The number of carbonyl (C=O) groups excluding carboxylic acids is 3. The molecule has 0 aliphatic carbocycles. The van der Waals surface area contributed by atoms with E-state index < -0.39 is 23.7 Å². The van der Waals surface area contributed by atoms with Gasteiger partial charge in [0.2, 0.25) is 11.8 Å². The van der Waals surface area contributed by atoms with Crippen LogP contribution in [-0.2, 0) is 15.0 Å². The van der Waals surface area contributed by atoms with Crippen LogP contribution in [0.5, 0.6) is 0 Å². The van der Waals surface area contributed by atoms with Crippen molar-refractivity contribution in [2.75, 3.05) is 15.5 Å². The van der Waals surface area contributed by atoms with E-state index in [1.54, 1.807) is 36.4 Å². The molecule has 4 rings (SSSR count). The van der Waals surface area contributed by atoms with Gasteiger partial charge < -0.3 is 10.6 Å². The number of benzene rings is 3. The second-order valence-electron chi connectivity index (χ2n) is 9.28. The van der Waals surface area contributed by atoms with Gasteiger partial charge in [0.15, 0.2) is 0 Å². The van der Waals surface area contributed by atoms with Crippen molar-refractivity contribution in [1.82, 2.24) is 0 Å². The summed E-state index contributed by atoms with van der Waals surface area (Å²) in [5.41, 5.74) is 2.85.